The van der Waals surface area contributed by atoms with Crippen molar-refractivity contribution in [3.63, 3.8) is 0 Å². The summed E-state index contributed by atoms with van der Waals surface area (Å²) in [4.78, 5) is 36.2. The van der Waals surface area contributed by atoms with E-state index in [1.54, 1.807) is 0 Å². The average molecular weight is 421 g/mol. The van der Waals surface area contributed by atoms with Crippen LogP contribution in [0.3, 0.4) is 0 Å². The smallest absolute Gasteiger partial charge is 0.311 e. The van der Waals surface area contributed by atoms with Crippen molar-refractivity contribution < 1.29 is 24.1 Å². The van der Waals surface area contributed by atoms with Crippen molar-refractivity contribution in [2.75, 3.05) is 7.11 Å². The van der Waals surface area contributed by atoms with E-state index in [-0.39, 0.29) is 28.8 Å². The highest BCUT2D eigenvalue weighted by molar-refractivity contribution is 5.97. The van der Waals surface area contributed by atoms with Crippen LogP contribution in [-0.2, 0) is 24.1 Å². The van der Waals surface area contributed by atoms with Crippen LogP contribution in [0.4, 0.5) is 0 Å². The zero-order valence-corrected chi connectivity index (χ0v) is 19.9. The molecule has 2 aliphatic carbocycles. The Morgan fingerprint density at radius 2 is 1.90 bits per heavy atom. The predicted octanol–water partition coefficient (Wildman–Crippen LogP) is 5.57. The molecular formula is C25H40O5. The van der Waals surface area contributed by atoms with Crippen LogP contribution in [0, 0.1) is 22.7 Å². The van der Waals surface area contributed by atoms with Gasteiger partial charge in [-0.15, -0.1) is 0 Å². The Morgan fingerprint density at radius 1 is 1.20 bits per heavy atom. The SMILES string of the molecule is COC(=O)[C@@H](C)[C@@H]1CC[C@@](C)(CCC2=C(C)C(=O)C[C@H]3C(C)(C)CCC[C@]23C)OO1. The minimum atomic E-state index is -0.407. The molecule has 0 bridgehead atoms. The van der Waals surface area contributed by atoms with E-state index in [0.717, 1.165) is 37.7 Å². The van der Waals surface area contributed by atoms with Gasteiger partial charge in [0.15, 0.2) is 5.78 Å². The molecule has 170 valence electrons. The number of hydrogen-bond acceptors (Lipinski definition) is 5. The summed E-state index contributed by atoms with van der Waals surface area (Å²) < 4.78 is 4.83. The number of carbonyl (C=O) groups is 2. The van der Waals surface area contributed by atoms with Crippen molar-refractivity contribution in [3.05, 3.63) is 11.1 Å². The van der Waals surface area contributed by atoms with E-state index in [9.17, 15) is 9.59 Å². The lowest BCUT2D eigenvalue weighted by molar-refractivity contribution is -0.411. The van der Waals surface area contributed by atoms with Crippen LogP contribution in [0.2, 0.25) is 0 Å². The molecule has 30 heavy (non-hydrogen) atoms. The third-order valence-corrected chi connectivity index (χ3v) is 8.54. The Labute approximate surface area is 181 Å². The molecule has 0 unspecified atom stereocenters. The highest BCUT2D eigenvalue weighted by Gasteiger charge is 2.52. The van der Waals surface area contributed by atoms with Gasteiger partial charge in [0.05, 0.1) is 13.0 Å². The Morgan fingerprint density at radius 3 is 2.50 bits per heavy atom. The standard InChI is InChI=1S/C25H40O5/c1-16-18(25(6)12-8-11-23(3,4)21(25)15-19(16)26)9-13-24(5)14-10-20(29-30-24)17(2)22(27)28-7/h17,20-21H,8-15H2,1-7H3/t17-,20-,21-,24+,25+/m0/s1. The normalized spacial score (nSPS) is 37.5. The minimum Gasteiger partial charge on any atom is -0.469 e. The fourth-order valence-corrected chi connectivity index (χ4v) is 6.34. The maximum atomic E-state index is 12.9. The van der Waals surface area contributed by atoms with Gasteiger partial charge in [-0.2, -0.15) is 0 Å². The summed E-state index contributed by atoms with van der Waals surface area (Å²) in [6.45, 7) is 13.0. The summed E-state index contributed by atoms with van der Waals surface area (Å²) in [5, 5.41) is 0. The van der Waals surface area contributed by atoms with Gasteiger partial charge in [0.1, 0.15) is 11.7 Å². The van der Waals surface area contributed by atoms with Gasteiger partial charge in [0.25, 0.3) is 0 Å². The van der Waals surface area contributed by atoms with Crippen molar-refractivity contribution >= 4 is 11.8 Å². The molecule has 0 aromatic heterocycles. The average Bonchev–Trinajstić information content (AvgIpc) is 2.69. The molecule has 0 radical (unpaired) electrons. The van der Waals surface area contributed by atoms with Crippen molar-refractivity contribution in [1.82, 2.24) is 0 Å². The number of esters is 1. The number of fused-ring (bicyclic) bond motifs is 1. The van der Waals surface area contributed by atoms with Crippen LogP contribution in [-0.4, -0.2) is 30.6 Å². The van der Waals surface area contributed by atoms with E-state index in [1.165, 1.54) is 25.5 Å². The van der Waals surface area contributed by atoms with Crippen molar-refractivity contribution in [3.8, 4) is 0 Å². The van der Waals surface area contributed by atoms with Gasteiger partial charge in [-0.05, 0) is 81.6 Å². The van der Waals surface area contributed by atoms with Gasteiger partial charge in [0, 0.05) is 6.42 Å². The molecule has 0 aromatic rings. The Kier molecular flexibility index (Phi) is 6.56. The second-order valence-electron chi connectivity index (χ2n) is 11.1. The van der Waals surface area contributed by atoms with Gasteiger partial charge < -0.3 is 4.74 Å². The molecule has 1 aliphatic heterocycles. The molecule has 0 amide bonds. The van der Waals surface area contributed by atoms with Crippen LogP contribution >= 0.6 is 0 Å². The molecular weight excluding hydrogens is 380 g/mol. The second-order valence-corrected chi connectivity index (χ2v) is 11.1. The van der Waals surface area contributed by atoms with Crippen LogP contribution in [0.1, 0.15) is 92.9 Å². The first-order chi connectivity index (χ1) is 13.9. The lowest BCUT2D eigenvalue weighted by atomic mass is 9.49. The molecule has 3 rings (SSSR count). The van der Waals surface area contributed by atoms with Gasteiger partial charge in [0.2, 0.25) is 0 Å². The van der Waals surface area contributed by atoms with Crippen LogP contribution in [0.25, 0.3) is 0 Å². The second kappa shape index (κ2) is 8.38. The quantitative estimate of drug-likeness (QED) is 0.430. The van der Waals surface area contributed by atoms with Gasteiger partial charge >= 0.3 is 5.97 Å². The molecule has 0 spiro atoms. The molecule has 5 atom stereocenters. The van der Waals surface area contributed by atoms with E-state index in [2.05, 4.69) is 27.7 Å². The monoisotopic (exact) mass is 420 g/mol. The van der Waals surface area contributed by atoms with Crippen molar-refractivity contribution in [2.24, 2.45) is 22.7 Å². The first-order valence-electron chi connectivity index (χ1n) is 11.6. The molecule has 0 aromatic carbocycles. The lowest BCUT2D eigenvalue weighted by Crippen LogP contribution is -2.48. The molecule has 3 aliphatic rings. The Hall–Kier alpha value is -1.20. The molecule has 2 fully saturated rings. The fraction of sp³-hybridized carbons (Fsp3) is 0.840. The maximum Gasteiger partial charge on any atom is 0.311 e. The summed E-state index contributed by atoms with van der Waals surface area (Å²) in [5.74, 6) is 0.115. The number of ether oxygens (including phenoxy) is 1. The molecule has 1 saturated heterocycles. The number of methoxy groups -OCH3 is 1. The van der Waals surface area contributed by atoms with Gasteiger partial charge in [-0.1, -0.05) is 32.8 Å². The van der Waals surface area contributed by atoms with Gasteiger partial charge in [-0.25, -0.2) is 9.78 Å². The number of Topliss-reactive ketones (excluding diaryl/α,β-unsaturated/α-hetero) is 1. The van der Waals surface area contributed by atoms with E-state index >= 15 is 0 Å². The third-order valence-electron chi connectivity index (χ3n) is 8.54. The highest BCUT2D eigenvalue weighted by Crippen LogP contribution is 2.59. The zero-order chi connectivity index (χ0) is 22.3. The number of rotatable bonds is 5. The van der Waals surface area contributed by atoms with Crippen LogP contribution in [0.5, 0.6) is 0 Å². The lowest BCUT2D eigenvalue weighted by Gasteiger charge is -2.55. The fourth-order valence-electron chi connectivity index (χ4n) is 6.34. The summed E-state index contributed by atoms with van der Waals surface area (Å²) in [7, 11) is 1.40. The minimum absolute atomic E-state index is 0.0908. The molecule has 5 nitrogen and oxygen atoms in total. The number of allylic oxidation sites excluding steroid dienone is 2. The molecule has 1 heterocycles. The zero-order valence-electron chi connectivity index (χ0n) is 19.9. The number of hydrogen-bond donors (Lipinski definition) is 0. The molecule has 0 N–H and O–H groups in total. The Balaban J connectivity index is 1.71. The maximum absolute atomic E-state index is 12.9. The number of ketones is 1. The first kappa shape index (κ1) is 23.5. The molecule has 1 saturated carbocycles. The summed E-state index contributed by atoms with van der Waals surface area (Å²) >= 11 is 0. The summed E-state index contributed by atoms with van der Waals surface area (Å²) in [5.41, 5.74) is 2.19. The van der Waals surface area contributed by atoms with Crippen molar-refractivity contribution in [2.45, 2.75) is 105 Å². The number of carbonyl (C=O) groups excluding carboxylic acids is 2. The van der Waals surface area contributed by atoms with E-state index in [1.807, 2.05) is 13.8 Å². The largest absolute Gasteiger partial charge is 0.469 e. The summed E-state index contributed by atoms with van der Waals surface area (Å²) in [6.07, 6.45) is 7.24. The summed E-state index contributed by atoms with van der Waals surface area (Å²) in [6, 6.07) is 0. The van der Waals surface area contributed by atoms with Crippen LogP contribution in [0.15, 0.2) is 11.1 Å². The first-order valence-corrected chi connectivity index (χ1v) is 11.6. The van der Waals surface area contributed by atoms with E-state index in [4.69, 9.17) is 14.5 Å². The van der Waals surface area contributed by atoms with Crippen molar-refractivity contribution in [1.29, 1.82) is 0 Å². The third kappa shape index (κ3) is 4.25. The predicted molar refractivity (Wildman–Crippen MR) is 116 cm³/mol. The van der Waals surface area contributed by atoms with Crippen LogP contribution < -0.4 is 0 Å². The van der Waals surface area contributed by atoms with Gasteiger partial charge in [-0.3, -0.25) is 9.59 Å². The van der Waals surface area contributed by atoms with E-state index in [0.29, 0.717) is 18.1 Å². The highest BCUT2D eigenvalue weighted by atomic mass is 17.2. The topological polar surface area (TPSA) is 61.8 Å². The molecule has 5 heteroatoms. The Bertz CT molecular complexity index is 713. The van der Waals surface area contributed by atoms with E-state index < -0.39 is 5.60 Å².